The van der Waals surface area contributed by atoms with Crippen molar-refractivity contribution in [2.24, 2.45) is 0 Å². The van der Waals surface area contributed by atoms with Crippen molar-refractivity contribution in [1.29, 1.82) is 0 Å². The summed E-state index contributed by atoms with van der Waals surface area (Å²) in [4.78, 5) is 18.3. The Morgan fingerprint density at radius 1 is 1.08 bits per heavy atom. The second kappa shape index (κ2) is 8.40. The average molecular weight is 368 g/mol. The highest BCUT2D eigenvalue weighted by atomic mass is 35.5. The van der Waals surface area contributed by atoms with Gasteiger partial charge < -0.3 is 10.2 Å². The van der Waals surface area contributed by atoms with E-state index in [-0.39, 0.29) is 5.91 Å². The Kier molecular flexibility index (Phi) is 5.76. The van der Waals surface area contributed by atoms with E-state index in [2.05, 4.69) is 20.5 Å². The van der Waals surface area contributed by atoms with E-state index in [1.807, 2.05) is 30.1 Å². The van der Waals surface area contributed by atoms with Gasteiger partial charge in [-0.1, -0.05) is 23.7 Å². The predicted octanol–water partition coefficient (Wildman–Crippen LogP) is 3.46. The standard InChI is InChI=1S/C19H18ClN5O/c1-25(13-10-14-8-11-21-12-9-14)18-7-6-17(23-24-18)22-19(26)15-4-2-3-5-16(15)20/h2-9,11-12H,10,13H2,1H3,(H,22,23,26). The molecule has 0 aliphatic carbocycles. The van der Waals surface area contributed by atoms with Gasteiger partial charge in [0.1, 0.15) is 0 Å². The average Bonchev–Trinajstić information content (AvgIpc) is 2.68. The summed E-state index contributed by atoms with van der Waals surface area (Å²) in [6, 6.07) is 14.4. The molecule has 0 saturated heterocycles. The number of likely N-dealkylation sites (N-methyl/N-ethyl adjacent to an activating group) is 1. The zero-order chi connectivity index (χ0) is 18.4. The number of hydrogen-bond acceptors (Lipinski definition) is 5. The molecule has 0 unspecified atom stereocenters. The maximum atomic E-state index is 12.2. The van der Waals surface area contributed by atoms with Crippen molar-refractivity contribution in [2.45, 2.75) is 6.42 Å². The molecule has 0 bridgehead atoms. The smallest absolute Gasteiger partial charge is 0.258 e. The summed E-state index contributed by atoms with van der Waals surface area (Å²) in [5, 5.41) is 11.3. The van der Waals surface area contributed by atoms with E-state index in [9.17, 15) is 4.79 Å². The number of benzene rings is 1. The molecule has 0 aliphatic rings. The van der Waals surface area contributed by atoms with Crippen LogP contribution in [0, 0.1) is 0 Å². The van der Waals surface area contributed by atoms with Crippen LogP contribution in [0.1, 0.15) is 15.9 Å². The fraction of sp³-hybridized carbons (Fsp3) is 0.158. The van der Waals surface area contributed by atoms with Gasteiger partial charge in [0.2, 0.25) is 0 Å². The molecule has 0 aliphatic heterocycles. The van der Waals surface area contributed by atoms with Crippen molar-refractivity contribution in [3.05, 3.63) is 77.1 Å². The molecule has 7 heteroatoms. The van der Waals surface area contributed by atoms with Gasteiger partial charge in [-0.25, -0.2) is 0 Å². The number of nitrogens with zero attached hydrogens (tertiary/aromatic N) is 4. The molecule has 132 valence electrons. The highest BCUT2D eigenvalue weighted by Gasteiger charge is 2.11. The fourth-order valence-corrected chi connectivity index (χ4v) is 2.61. The van der Waals surface area contributed by atoms with Gasteiger partial charge in [-0.3, -0.25) is 9.78 Å². The van der Waals surface area contributed by atoms with E-state index >= 15 is 0 Å². The van der Waals surface area contributed by atoms with Crippen molar-refractivity contribution in [2.75, 3.05) is 23.8 Å². The van der Waals surface area contributed by atoms with Gasteiger partial charge in [-0.05, 0) is 48.4 Å². The first-order valence-electron chi connectivity index (χ1n) is 8.13. The zero-order valence-electron chi connectivity index (χ0n) is 14.3. The lowest BCUT2D eigenvalue weighted by atomic mass is 10.2. The molecule has 3 aromatic rings. The van der Waals surface area contributed by atoms with Crippen LogP contribution in [-0.2, 0) is 6.42 Å². The summed E-state index contributed by atoms with van der Waals surface area (Å²) in [5.74, 6) is 0.791. The zero-order valence-corrected chi connectivity index (χ0v) is 15.0. The first-order valence-corrected chi connectivity index (χ1v) is 8.51. The minimum atomic E-state index is -0.316. The molecule has 26 heavy (non-hydrogen) atoms. The molecule has 1 aromatic carbocycles. The molecule has 2 aromatic heterocycles. The highest BCUT2D eigenvalue weighted by Crippen LogP contribution is 2.17. The lowest BCUT2D eigenvalue weighted by Gasteiger charge is -2.17. The molecule has 0 fully saturated rings. The topological polar surface area (TPSA) is 71.0 Å². The van der Waals surface area contributed by atoms with Crippen LogP contribution in [0.25, 0.3) is 0 Å². The van der Waals surface area contributed by atoms with E-state index in [0.717, 1.165) is 18.8 Å². The molecule has 0 atom stereocenters. The number of hydrogen-bond donors (Lipinski definition) is 1. The molecule has 3 rings (SSSR count). The number of aromatic nitrogens is 3. The minimum absolute atomic E-state index is 0.316. The van der Waals surface area contributed by atoms with Crippen molar-refractivity contribution < 1.29 is 4.79 Å². The summed E-state index contributed by atoms with van der Waals surface area (Å²) in [5.41, 5.74) is 1.61. The summed E-state index contributed by atoms with van der Waals surface area (Å²) in [6.07, 6.45) is 4.45. The van der Waals surface area contributed by atoms with Crippen molar-refractivity contribution in [3.8, 4) is 0 Å². The Morgan fingerprint density at radius 2 is 1.85 bits per heavy atom. The van der Waals surface area contributed by atoms with Gasteiger partial charge in [0.15, 0.2) is 11.6 Å². The van der Waals surface area contributed by atoms with Crippen LogP contribution in [0.5, 0.6) is 0 Å². The number of carbonyl (C=O) groups excluding carboxylic acids is 1. The Balaban J connectivity index is 1.59. The SMILES string of the molecule is CN(CCc1ccncc1)c1ccc(NC(=O)c2ccccc2Cl)nn1. The molecule has 0 radical (unpaired) electrons. The molecule has 1 N–H and O–H groups in total. The van der Waals surface area contributed by atoms with Crippen molar-refractivity contribution >= 4 is 29.1 Å². The van der Waals surface area contributed by atoms with Crippen molar-refractivity contribution in [1.82, 2.24) is 15.2 Å². The van der Waals surface area contributed by atoms with E-state index in [4.69, 9.17) is 11.6 Å². The molecule has 0 spiro atoms. The minimum Gasteiger partial charge on any atom is -0.358 e. The van der Waals surface area contributed by atoms with Crippen LogP contribution in [0.2, 0.25) is 5.02 Å². The Morgan fingerprint density at radius 3 is 2.54 bits per heavy atom. The summed E-state index contributed by atoms with van der Waals surface area (Å²) >= 11 is 6.03. The molecule has 0 saturated carbocycles. The van der Waals surface area contributed by atoms with Gasteiger partial charge in [-0.15, -0.1) is 10.2 Å². The number of pyridine rings is 1. The van der Waals surface area contributed by atoms with Crippen LogP contribution in [-0.4, -0.2) is 34.7 Å². The Bertz CT molecular complexity index is 871. The van der Waals surface area contributed by atoms with Crippen LogP contribution in [0.3, 0.4) is 0 Å². The number of carbonyl (C=O) groups is 1. The molecule has 2 heterocycles. The third-order valence-corrected chi connectivity index (χ3v) is 4.22. The van der Waals surface area contributed by atoms with E-state index in [1.54, 1.807) is 42.7 Å². The van der Waals surface area contributed by atoms with Gasteiger partial charge in [0, 0.05) is 26.0 Å². The first kappa shape index (κ1) is 17.8. The third kappa shape index (κ3) is 4.55. The van der Waals surface area contributed by atoms with Gasteiger partial charge >= 0.3 is 0 Å². The number of rotatable bonds is 6. The number of halogens is 1. The van der Waals surface area contributed by atoms with E-state index in [1.165, 1.54) is 5.56 Å². The van der Waals surface area contributed by atoms with Crippen LogP contribution in [0.4, 0.5) is 11.6 Å². The van der Waals surface area contributed by atoms with Crippen LogP contribution in [0.15, 0.2) is 60.9 Å². The molecular weight excluding hydrogens is 350 g/mol. The molecular formula is C19H18ClN5O. The quantitative estimate of drug-likeness (QED) is 0.722. The van der Waals surface area contributed by atoms with Gasteiger partial charge in [-0.2, -0.15) is 0 Å². The number of anilines is 2. The molecule has 6 nitrogen and oxygen atoms in total. The second-order valence-corrected chi connectivity index (χ2v) is 6.14. The fourth-order valence-electron chi connectivity index (χ4n) is 2.39. The first-order chi connectivity index (χ1) is 12.6. The van der Waals surface area contributed by atoms with Crippen LogP contribution < -0.4 is 10.2 Å². The molecule has 1 amide bonds. The lowest BCUT2D eigenvalue weighted by Crippen LogP contribution is -2.22. The third-order valence-electron chi connectivity index (χ3n) is 3.89. The summed E-state index contributed by atoms with van der Waals surface area (Å²) in [7, 11) is 1.95. The number of nitrogens with one attached hydrogen (secondary N) is 1. The maximum absolute atomic E-state index is 12.2. The normalized spacial score (nSPS) is 10.4. The lowest BCUT2D eigenvalue weighted by molar-refractivity contribution is 0.102. The predicted molar refractivity (Wildman–Crippen MR) is 103 cm³/mol. The highest BCUT2D eigenvalue weighted by molar-refractivity contribution is 6.34. The summed E-state index contributed by atoms with van der Waals surface area (Å²) in [6.45, 7) is 0.796. The van der Waals surface area contributed by atoms with Gasteiger partial charge in [0.25, 0.3) is 5.91 Å². The van der Waals surface area contributed by atoms with Gasteiger partial charge in [0.05, 0.1) is 10.6 Å². The monoisotopic (exact) mass is 367 g/mol. The van der Waals surface area contributed by atoms with Crippen LogP contribution >= 0.6 is 11.6 Å². The largest absolute Gasteiger partial charge is 0.358 e. The maximum Gasteiger partial charge on any atom is 0.258 e. The second-order valence-electron chi connectivity index (χ2n) is 5.74. The Hall–Kier alpha value is -2.99. The summed E-state index contributed by atoms with van der Waals surface area (Å²) < 4.78 is 0. The number of amides is 1. The van der Waals surface area contributed by atoms with E-state index < -0.39 is 0 Å². The van der Waals surface area contributed by atoms with E-state index in [0.29, 0.717) is 16.4 Å². The Labute approximate surface area is 156 Å². The van der Waals surface area contributed by atoms with Crippen molar-refractivity contribution in [3.63, 3.8) is 0 Å².